The number of likely N-dealkylation sites (tertiary alicyclic amines) is 2. The average molecular weight is 683 g/mol. The summed E-state index contributed by atoms with van der Waals surface area (Å²) in [7, 11) is 0. The monoisotopic (exact) mass is 682 g/mol. The number of amides is 2. The van der Waals surface area contributed by atoms with Crippen LogP contribution in [0.5, 0.6) is 0 Å². The summed E-state index contributed by atoms with van der Waals surface area (Å²) < 4.78 is 0. The molecule has 6 atom stereocenters. The van der Waals surface area contributed by atoms with Gasteiger partial charge in [-0.25, -0.2) is 9.97 Å². The van der Waals surface area contributed by atoms with Crippen LogP contribution in [0.1, 0.15) is 60.5 Å². The summed E-state index contributed by atoms with van der Waals surface area (Å²) in [5.74, 6) is 2.96. The van der Waals surface area contributed by atoms with Crippen LogP contribution in [0.3, 0.4) is 0 Å². The van der Waals surface area contributed by atoms with Gasteiger partial charge in [0.2, 0.25) is 11.8 Å². The fraction of sp³-hybridized carbons (Fsp3) is 0.227. The second kappa shape index (κ2) is 12.5. The fourth-order valence-electron chi connectivity index (χ4n) is 8.56. The number of carbonyl (C=O) groups excluding carboxylic acids is 2. The van der Waals surface area contributed by atoms with Crippen LogP contribution in [0, 0.1) is 24.7 Å². The molecule has 8 heteroatoms. The molecule has 2 aromatic heterocycles. The summed E-state index contributed by atoms with van der Waals surface area (Å²) in [6, 6.07) is 37.2. The van der Waals surface area contributed by atoms with Crippen molar-refractivity contribution in [1.29, 1.82) is 0 Å². The van der Waals surface area contributed by atoms with E-state index in [9.17, 15) is 9.59 Å². The zero-order valence-corrected chi connectivity index (χ0v) is 28.6. The molecule has 2 aliphatic carbocycles. The minimum absolute atomic E-state index is 0.0305. The van der Waals surface area contributed by atoms with Crippen LogP contribution >= 0.6 is 0 Å². The van der Waals surface area contributed by atoms with E-state index in [1.165, 1.54) is 0 Å². The van der Waals surface area contributed by atoms with E-state index in [0.29, 0.717) is 23.9 Å². The van der Waals surface area contributed by atoms with Crippen LogP contribution < -0.4 is 0 Å². The van der Waals surface area contributed by atoms with Crippen molar-refractivity contribution in [2.75, 3.05) is 0 Å². The molecule has 3 unspecified atom stereocenters. The number of aromatic nitrogens is 4. The first-order chi connectivity index (χ1) is 25.6. The highest BCUT2D eigenvalue weighted by Crippen LogP contribution is 2.54. The van der Waals surface area contributed by atoms with Gasteiger partial charge in [0.05, 0.1) is 48.7 Å². The summed E-state index contributed by atoms with van der Waals surface area (Å²) in [6.07, 6.45) is 11.3. The van der Waals surface area contributed by atoms with Crippen molar-refractivity contribution in [3.8, 4) is 33.6 Å². The summed E-state index contributed by atoms with van der Waals surface area (Å²) in [4.78, 5) is 47.4. The molecule has 2 amide bonds. The maximum atomic E-state index is 13.3. The van der Waals surface area contributed by atoms with Gasteiger partial charge in [-0.15, -0.1) is 0 Å². The van der Waals surface area contributed by atoms with E-state index in [1.54, 1.807) is 12.8 Å². The number of rotatable bonds is 9. The molecule has 2 radical (unpaired) electrons. The largest absolute Gasteiger partial charge is 0.340 e. The predicted molar refractivity (Wildman–Crippen MR) is 199 cm³/mol. The number of piperidine rings is 2. The quantitative estimate of drug-likeness (QED) is 0.162. The van der Waals surface area contributed by atoms with Crippen LogP contribution in [0.4, 0.5) is 0 Å². The number of nitrogens with one attached hydrogen (secondary N) is 2. The molecule has 52 heavy (non-hydrogen) atoms. The second-order valence-electron chi connectivity index (χ2n) is 14.7. The molecule has 0 spiro atoms. The van der Waals surface area contributed by atoms with Gasteiger partial charge in [0.25, 0.3) is 0 Å². The number of nitrogens with zero attached hydrogens (tertiary/aromatic N) is 4. The van der Waals surface area contributed by atoms with Gasteiger partial charge in [-0.2, -0.15) is 0 Å². The number of hydrogen-bond donors (Lipinski definition) is 2. The topological polar surface area (TPSA) is 98.0 Å². The number of hydrogen-bond acceptors (Lipinski definition) is 4. The van der Waals surface area contributed by atoms with E-state index in [0.717, 1.165) is 82.1 Å². The SMILES string of the molecule is O=C([CH]c1ccccc1)N1C(c2ncc(-c3ccc(-c4ccc(-c5cnc([C@@H]6C[C@@H]7C[C@@H]7N6C(=O)[CH]c6ccccc6)[nH]5)cc4)cc3)[nH]2)CC2CC21. The van der Waals surface area contributed by atoms with Crippen LogP contribution in [0.25, 0.3) is 33.6 Å². The number of carbonyl (C=O) groups is 2. The number of benzene rings is 4. The highest BCUT2D eigenvalue weighted by Gasteiger charge is 2.56. The Morgan fingerprint density at radius 2 is 0.904 bits per heavy atom. The zero-order chi connectivity index (χ0) is 34.8. The van der Waals surface area contributed by atoms with Crippen molar-refractivity contribution in [2.45, 2.75) is 49.9 Å². The van der Waals surface area contributed by atoms with Crippen LogP contribution in [-0.4, -0.2) is 53.6 Å². The Bertz CT molecular complexity index is 2080. The Hall–Kier alpha value is -5.76. The lowest BCUT2D eigenvalue weighted by Gasteiger charge is -2.26. The molecule has 4 heterocycles. The fourth-order valence-corrected chi connectivity index (χ4v) is 8.56. The molecular weight excluding hydrogens is 645 g/mol. The van der Waals surface area contributed by atoms with Crippen LogP contribution in [-0.2, 0) is 9.59 Å². The lowest BCUT2D eigenvalue weighted by atomic mass is 10.0. The van der Waals surface area contributed by atoms with Gasteiger partial charge in [-0.1, -0.05) is 109 Å². The molecule has 10 rings (SSSR count). The molecule has 2 saturated heterocycles. The van der Waals surface area contributed by atoms with E-state index in [-0.39, 0.29) is 23.9 Å². The van der Waals surface area contributed by atoms with Crippen LogP contribution in [0.2, 0.25) is 0 Å². The maximum Gasteiger partial charge on any atom is 0.232 e. The molecule has 2 saturated carbocycles. The summed E-state index contributed by atoms with van der Waals surface area (Å²) in [5, 5.41) is 0. The van der Waals surface area contributed by atoms with Gasteiger partial charge in [-0.05, 0) is 70.9 Å². The highest BCUT2D eigenvalue weighted by atomic mass is 16.2. The Balaban J connectivity index is 0.804. The van der Waals surface area contributed by atoms with Crippen molar-refractivity contribution >= 4 is 11.8 Å². The first-order valence-corrected chi connectivity index (χ1v) is 18.3. The third-order valence-electron chi connectivity index (χ3n) is 11.4. The van der Waals surface area contributed by atoms with Gasteiger partial charge in [0.1, 0.15) is 11.6 Å². The van der Waals surface area contributed by atoms with Gasteiger partial charge in [-0.3, -0.25) is 9.59 Å². The molecule has 8 nitrogen and oxygen atoms in total. The van der Waals surface area contributed by atoms with Crippen molar-refractivity contribution in [3.63, 3.8) is 0 Å². The van der Waals surface area contributed by atoms with Gasteiger partial charge in [0, 0.05) is 12.1 Å². The van der Waals surface area contributed by atoms with E-state index >= 15 is 0 Å². The van der Waals surface area contributed by atoms with E-state index in [2.05, 4.69) is 58.5 Å². The summed E-state index contributed by atoms with van der Waals surface area (Å²) >= 11 is 0. The Kier molecular flexibility index (Phi) is 7.44. The van der Waals surface area contributed by atoms with E-state index in [4.69, 9.17) is 9.97 Å². The third-order valence-corrected chi connectivity index (χ3v) is 11.4. The van der Waals surface area contributed by atoms with Crippen molar-refractivity contribution in [1.82, 2.24) is 29.7 Å². The molecule has 2 N–H and O–H groups in total. The molecule has 4 aromatic carbocycles. The molecular formula is C44H38N6O2. The van der Waals surface area contributed by atoms with Gasteiger partial charge < -0.3 is 19.8 Å². The second-order valence-corrected chi connectivity index (χ2v) is 14.7. The van der Waals surface area contributed by atoms with Crippen molar-refractivity contribution < 1.29 is 9.59 Å². The third kappa shape index (κ3) is 5.72. The normalized spacial score (nSPS) is 24.1. The Labute approximate surface area is 303 Å². The average Bonchev–Trinajstić information content (AvgIpc) is 3.76. The number of aromatic amines is 2. The molecule has 4 aliphatic rings. The summed E-state index contributed by atoms with van der Waals surface area (Å²) in [5.41, 5.74) is 8.11. The zero-order valence-electron chi connectivity index (χ0n) is 28.6. The van der Waals surface area contributed by atoms with Crippen LogP contribution in [0.15, 0.2) is 122 Å². The van der Waals surface area contributed by atoms with Gasteiger partial charge in [0.15, 0.2) is 0 Å². The Morgan fingerprint density at radius 3 is 1.31 bits per heavy atom. The lowest BCUT2D eigenvalue weighted by molar-refractivity contribution is -0.130. The molecule has 2 aliphatic heterocycles. The molecule has 6 aromatic rings. The highest BCUT2D eigenvalue weighted by molar-refractivity contribution is 5.90. The number of imidazole rings is 2. The van der Waals surface area contributed by atoms with Crippen molar-refractivity contribution in [2.24, 2.45) is 11.8 Å². The number of fused-ring (bicyclic) bond motifs is 2. The predicted octanol–water partition coefficient (Wildman–Crippen LogP) is 7.96. The number of H-pyrrole nitrogens is 2. The van der Waals surface area contributed by atoms with E-state index < -0.39 is 0 Å². The van der Waals surface area contributed by atoms with Gasteiger partial charge >= 0.3 is 0 Å². The van der Waals surface area contributed by atoms with E-state index in [1.807, 2.05) is 82.9 Å². The molecule has 0 bridgehead atoms. The molecule has 256 valence electrons. The smallest absolute Gasteiger partial charge is 0.232 e. The maximum absolute atomic E-state index is 13.3. The standard InChI is InChI=1S/C44H38N6O2/c51-41(19-27-7-3-1-4-8-27)49-37-21-33(37)23-39(49)43-45-25-35(47-43)31-15-11-29(12-16-31)30-13-17-32(18-14-30)36-26-46-44(48-36)40-24-34-22-38(34)50(40)42(52)20-28-9-5-2-6-10-28/h1-20,25-26,33-34,37-40H,21-24H2,(H,45,47)(H,46,48)/t33-,34?,37-,38?,39-,40?/m0/s1. The first kappa shape index (κ1) is 31.0. The summed E-state index contributed by atoms with van der Waals surface area (Å²) in [6.45, 7) is 0. The molecule has 4 fully saturated rings. The van der Waals surface area contributed by atoms with Crippen molar-refractivity contribution in [3.05, 3.63) is 157 Å². The minimum atomic E-state index is -0.0305. The lowest BCUT2D eigenvalue weighted by Crippen LogP contribution is -2.34. The first-order valence-electron chi connectivity index (χ1n) is 18.3. The Morgan fingerprint density at radius 1 is 0.519 bits per heavy atom. The minimum Gasteiger partial charge on any atom is -0.340 e.